The fraction of sp³-hybridized carbons (Fsp3) is 0. The number of carbonyl (C=O) groups is 1. The van der Waals surface area contributed by atoms with Crippen molar-refractivity contribution < 1.29 is 4.79 Å². The summed E-state index contributed by atoms with van der Waals surface area (Å²) in [7, 11) is 0. The van der Waals surface area contributed by atoms with Gasteiger partial charge in [0, 0.05) is 12.3 Å². The predicted molar refractivity (Wildman–Crippen MR) is 28.5 cm³/mol. The summed E-state index contributed by atoms with van der Waals surface area (Å²) in [5, 5.41) is 0. The molecular formula is C6H4NO. The molecule has 0 amide bonds. The highest BCUT2D eigenvalue weighted by molar-refractivity contribution is 5.71. The lowest BCUT2D eigenvalue weighted by Crippen LogP contribution is -1.81. The van der Waals surface area contributed by atoms with E-state index in [1.54, 1.807) is 12.1 Å². The van der Waals surface area contributed by atoms with Crippen molar-refractivity contribution in [3.8, 4) is 0 Å². The fourth-order valence-corrected chi connectivity index (χ4v) is 0.401. The topological polar surface area (TPSA) is 30.0 Å². The molecule has 0 unspecified atom stereocenters. The molecule has 0 aliphatic rings. The second-order valence-corrected chi connectivity index (χ2v) is 1.30. The van der Waals surface area contributed by atoms with E-state index in [9.17, 15) is 4.79 Å². The Morgan fingerprint density at radius 2 is 2.62 bits per heavy atom. The Labute approximate surface area is 47.2 Å². The fourth-order valence-electron chi connectivity index (χ4n) is 0.401. The molecule has 39 valence electrons. The standard InChI is InChI=1S/C6H4NO/c8-5-6-3-1-2-4-7-6/h1,3-5H. The van der Waals surface area contributed by atoms with E-state index in [4.69, 9.17) is 0 Å². The summed E-state index contributed by atoms with van der Waals surface area (Å²) in [5.41, 5.74) is 0.448. The van der Waals surface area contributed by atoms with Crippen LogP contribution in [0.5, 0.6) is 0 Å². The van der Waals surface area contributed by atoms with E-state index < -0.39 is 0 Å². The highest BCUT2D eigenvalue weighted by atomic mass is 16.1. The van der Waals surface area contributed by atoms with E-state index in [-0.39, 0.29) is 0 Å². The predicted octanol–water partition coefficient (Wildman–Crippen LogP) is 0.694. The van der Waals surface area contributed by atoms with Crippen molar-refractivity contribution in [1.29, 1.82) is 0 Å². The zero-order valence-electron chi connectivity index (χ0n) is 4.16. The number of carbonyl (C=O) groups excluding carboxylic acids is 1. The smallest absolute Gasteiger partial charge is 0.168 e. The van der Waals surface area contributed by atoms with Crippen LogP contribution in [0.4, 0.5) is 0 Å². The van der Waals surface area contributed by atoms with Gasteiger partial charge in [0.15, 0.2) is 6.29 Å². The third kappa shape index (κ3) is 0.904. The Morgan fingerprint density at radius 1 is 1.75 bits per heavy atom. The van der Waals surface area contributed by atoms with Gasteiger partial charge in [-0.3, -0.25) is 9.78 Å². The molecule has 2 nitrogen and oxygen atoms in total. The summed E-state index contributed by atoms with van der Waals surface area (Å²) in [6, 6.07) is 5.95. The number of hydrogen-bond donors (Lipinski definition) is 0. The van der Waals surface area contributed by atoms with Gasteiger partial charge in [0.1, 0.15) is 5.69 Å². The van der Waals surface area contributed by atoms with E-state index >= 15 is 0 Å². The molecule has 8 heavy (non-hydrogen) atoms. The first-order valence-electron chi connectivity index (χ1n) is 2.21. The highest BCUT2D eigenvalue weighted by Crippen LogP contribution is 1.84. The Morgan fingerprint density at radius 3 is 3.00 bits per heavy atom. The van der Waals surface area contributed by atoms with Crippen LogP contribution in [0.15, 0.2) is 18.3 Å². The average Bonchev–Trinajstić information content (AvgIpc) is 1.90. The van der Waals surface area contributed by atoms with Gasteiger partial charge in [-0.15, -0.1) is 0 Å². The summed E-state index contributed by atoms with van der Waals surface area (Å²) >= 11 is 0. The zero-order chi connectivity index (χ0) is 5.82. The molecule has 0 N–H and O–H groups in total. The summed E-state index contributed by atoms with van der Waals surface area (Å²) in [6.45, 7) is 0. The number of rotatable bonds is 1. The Hall–Kier alpha value is -1.18. The molecule has 1 aromatic rings. The maximum atomic E-state index is 9.93. The van der Waals surface area contributed by atoms with Gasteiger partial charge in [0.05, 0.1) is 0 Å². The highest BCUT2D eigenvalue weighted by Gasteiger charge is 1.82. The normalized spacial score (nSPS) is 8.50. The number of aromatic nitrogens is 1. The number of aldehydes is 1. The summed E-state index contributed by atoms with van der Waals surface area (Å²) < 4.78 is 0. The molecule has 0 bridgehead atoms. The number of pyridine rings is 1. The zero-order valence-corrected chi connectivity index (χ0v) is 4.16. The second-order valence-electron chi connectivity index (χ2n) is 1.30. The Bertz CT molecular complexity index is 171. The van der Waals surface area contributed by atoms with Gasteiger partial charge < -0.3 is 0 Å². The molecule has 0 saturated heterocycles. The minimum atomic E-state index is 0.448. The molecule has 1 rings (SSSR count). The van der Waals surface area contributed by atoms with Crippen LogP contribution in [0.1, 0.15) is 10.5 Å². The summed E-state index contributed by atoms with van der Waals surface area (Å²) in [4.78, 5) is 13.6. The van der Waals surface area contributed by atoms with Crippen molar-refractivity contribution in [2.24, 2.45) is 0 Å². The molecule has 0 aliphatic carbocycles. The van der Waals surface area contributed by atoms with Crippen LogP contribution < -0.4 is 0 Å². The van der Waals surface area contributed by atoms with E-state index in [1.807, 2.05) is 0 Å². The van der Waals surface area contributed by atoms with Gasteiger partial charge >= 0.3 is 0 Å². The van der Waals surface area contributed by atoms with Crippen molar-refractivity contribution in [2.45, 2.75) is 0 Å². The molecule has 0 saturated carbocycles. The van der Waals surface area contributed by atoms with Gasteiger partial charge in [0.2, 0.25) is 0 Å². The van der Waals surface area contributed by atoms with Crippen LogP contribution in [0.2, 0.25) is 0 Å². The van der Waals surface area contributed by atoms with E-state index in [0.717, 1.165) is 0 Å². The summed E-state index contributed by atoms with van der Waals surface area (Å²) in [6.07, 6.45) is 2.16. The van der Waals surface area contributed by atoms with Gasteiger partial charge in [-0.1, -0.05) is 6.07 Å². The minimum absolute atomic E-state index is 0.448. The van der Waals surface area contributed by atoms with Crippen LogP contribution in [-0.4, -0.2) is 11.3 Å². The average molecular weight is 106 g/mol. The van der Waals surface area contributed by atoms with Gasteiger partial charge in [-0.2, -0.15) is 0 Å². The second kappa shape index (κ2) is 2.21. The van der Waals surface area contributed by atoms with Crippen LogP contribution in [0.3, 0.4) is 0 Å². The number of hydrogen-bond acceptors (Lipinski definition) is 2. The molecular weight excluding hydrogens is 102 g/mol. The molecule has 1 heterocycles. The lowest BCUT2D eigenvalue weighted by Gasteiger charge is -1.80. The Kier molecular flexibility index (Phi) is 1.37. The molecule has 0 aliphatic heterocycles. The van der Waals surface area contributed by atoms with E-state index in [0.29, 0.717) is 12.0 Å². The largest absolute Gasteiger partial charge is 0.296 e. The van der Waals surface area contributed by atoms with Crippen LogP contribution in [-0.2, 0) is 0 Å². The molecule has 0 spiro atoms. The number of nitrogens with zero attached hydrogens (tertiary/aromatic N) is 1. The first-order valence-corrected chi connectivity index (χ1v) is 2.21. The quantitative estimate of drug-likeness (QED) is 0.493. The summed E-state index contributed by atoms with van der Waals surface area (Å²) in [5.74, 6) is 0. The molecule has 0 aromatic carbocycles. The van der Waals surface area contributed by atoms with Gasteiger partial charge in [0.25, 0.3) is 0 Å². The van der Waals surface area contributed by atoms with Gasteiger partial charge in [-0.25, -0.2) is 0 Å². The van der Waals surface area contributed by atoms with Crippen molar-refractivity contribution in [1.82, 2.24) is 4.98 Å². The third-order valence-corrected chi connectivity index (χ3v) is 0.759. The van der Waals surface area contributed by atoms with Crippen molar-refractivity contribution in [3.63, 3.8) is 0 Å². The molecule has 2 heteroatoms. The lowest BCUT2D eigenvalue weighted by atomic mass is 10.4. The van der Waals surface area contributed by atoms with Gasteiger partial charge in [-0.05, 0) is 6.07 Å². The monoisotopic (exact) mass is 106 g/mol. The molecule has 1 aromatic heterocycles. The van der Waals surface area contributed by atoms with Crippen molar-refractivity contribution in [3.05, 3.63) is 30.1 Å². The maximum absolute atomic E-state index is 9.93. The van der Waals surface area contributed by atoms with Crippen LogP contribution in [0.25, 0.3) is 0 Å². The van der Waals surface area contributed by atoms with E-state index in [2.05, 4.69) is 11.1 Å². The van der Waals surface area contributed by atoms with Crippen molar-refractivity contribution >= 4 is 6.29 Å². The van der Waals surface area contributed by atoms with Crippen molar-refractivity contribution in [2.75, 3.05) is 0 Å². The first-order chi connectivity index (χ1) is 3.93. The molecule has 1 radical (unpaired) electrons. The molecule has 0 atom stereocenters. The lowest BCUT2D eigenvalue weighted by molar-refractivity contribution is 0.111. The van der Waals surface area contributed by atoms with Crippen LogP contribution >= 0.6 is 0 Å². The maximum Gasteiger partial charge on any atom is 0.168 e. The van der Waals surface area contributed by atoms with Crippen LogP contribution in [0, 0.1) is 6.07 Å². The SMILES string of the molecule is O=Cc1cc[c]cn1. The Balaban J connectivity index is 2.99. The third-order valence-electron chi connectivity index (χ3n) is 0.759. The molecule has 0 fully saturated rings. The first kappa shape index (κ1) is 4.97. The van der Waals surface area contributed by atoms with E-state index in [1.165, 1.54) is 6.20 Å². The minimum Gasteiger partial charge on any atom is -0.296 e.